The highest BCUT2D eigenvalue weighted by Gasteiger charge is 2.43. The number of hydrogen-bond donors (Lipinski definition) is 2. The van der Waals surface area contributed by atoms with Gasteiger partial charge in [0, 0.05) is 12.0 Å². The lowest BCUT2D eigenvalue weighted by Crippen LogP contribution is -2.40. The van der Waals surface area contributed by atoms with E-state index < -0.39 is 0 Å². The second-order valence-electron chi connectivity index (χ2n) is 6.61. The Morgan fingerprint density at radius 3 is 2.84 bits per heavy atom. The first-order valence-corrected chi connectivity index (χ1v) is 9.36. The molecule has 132 valence electrons. The number of rotatable bonds is 2. The predicted octanol–water partition coefficient (Wildman–Crippen LogP) is 4.86. The van der Waals surface area contributed by atoms with Gasteiger partial charge in [0.15, 0.2) is 5.15 Å². The van der Waals surface area contributed by atoms with Gasteiger partial charge in [-0.15, -0.1) is 0 Å². The zero-order valence-corrected chi connectivity index (χ0v) is 15.7. The first kappa shape index (κ1) is 16.8. The highest BCUT2D eigenvalue weighted by atomic mass is 79.9. The molecule has 8 heteroatoms. The highest BCUT2D eigenvalue weighted by Crippen LogP contribution is 2.48. The molecule has 2 aromatic rings. The van der Waals surface area contributed by atoms with Crippen LogP contribution in [0.3, 0.4) is 0 Å². The molecule has 1 aliphatic heterocycles. The van der Waals surface area contributed by atoms with Gasteiger partial charge in [-0.1, -0.05) is 11.6 Å². The maximum atomic E-state index is 13.8. The van der Waals surface area contributed by atoms with E-state index in [0.717, 1.165) is 43.4 Å². The van der Waals surface area contributed by atoms with Crippen molar-refractivity contribution in [3.8, 4) is 5.75 Å². The van der Waals surface area contributed by atoms with Gasteiger partial charge in [0.25, 0.3) is 0 Å². The topological polar surface area (TPSA) is 73.1 Å². The minimum absolute atomic E-state index is 0.0813. The van der Waals surface area contributed by atoms with Gasteiger partial charge in [-0.2, -0.15) is 9.97 Å². The molecular formula is C17H17BrClFN4O. The molecule has 2 heterocycles. The Bertz CT molecular complexity index is 829. The van der Waals surface area contributed by atoms with Gasteiger partial charge in [-0.3, -0.25) is 0 Å². The summed E-state index contributed by atoms with van der Waals surface area (Å²) in [6.45, 7) is 0. The molecule has 1 spiro atoms. The minimum Gasteiger partial charge on any atom is -0.487 e. The van der Waals surface area contributed by atoms with Crippen LogP contribution < -0.4 is 15.8 Å². The first-order chi connectivity index (χ1) is 12.0. The normalized spacial score (nSPS) is 21.0. The van der Waals surface area contributed by atoms with E-state index in [2.05, 4.69) is 31.2 Å². The van der Waals surface area contributed by atoms with Crippen LogP contribution in [0.4, 0.5) is 16.2 Å². The third-order valence-electron chi connectivity index (χ3n) is 4.90. The highest BCUT2D eigenvalue weighted by molar-refractivity contribution is 9.10. The molecular weight excluding hydrogens is 411 g/mol. The second kappa shape index (κ2) is 6.29. The Morgan fingerprint density at radius 2 is 2.08 bits per heavy atom. The van der Waals surface area contributed by atoms with E-state index in [4.69, 9.17) is 22.1 Å². The molecule has 0 radical (unpaired) electrons. The number of fused-ring (bicyclic) bond motifs is 1. The van der Waals surface area contributed by atoms with Gasteiger partial charge in [0.2, 0.25) is 5.95 Å². The SMILES string of the molecule is Nc1nc(Cl)c(Br)c(N[C@@H]2CC3(CCCC3)Oc3ccc(F)cc32)n1. The number of aromatic nitrogens is 2. The minimum atomic E-state index is -0.296. The number of nitrogens with one attached hydrogen (secondary N) is 1. The predicted molar refractivity (Wildman–Crippen MR) is 98.4 cm³/mol. The van der Waals surface area contributed by atoms with Crippen molar-refractivity contribution in [2.24, 2.45) is 0 Å². The summed E-state index contributed by atoms with van der Waals surface area (Å²) in [5, 5.41) is 3.59. The van der Waals surface area contributed by atoms with E-state index in [1.807, 2.05) is 0 Å². The van der Waals surface area contributed by atoms with Crippen molar-refractivity contribution in [1.29, 1.82) is 0 Å². The fraction of sp³-hybridized carbons (Fsp3) is 0.412. The molecule has 25 heavy (non-hydrogen) atoms. The lowest BCUT2D eigenvalue weighted by Gasteiger charge is -2.40. The van der Waals surface area contributed by atoms with Crippen LogP contribution in [0.1, 0.15) is 43.7 Å². The standard InChI is InChI=1S/C17H17BrClFN4O/c18-13-14(19)23-16(21)24-15(13)22-11-8-17(5-1-2-6-17)25-12-4-3-9(20)7-10(11)12/h3-4,7,11H,1-2,5-6,8H2,(H3,21,22,23,24)/t11-/m1/s1. The Labute approximate surface area is 158 Å². The van der Waals surface area contributed by atoms with Crippen molar-refractivity contribution in [1.82, 2.24) is 9.97 Å². The van der Waals surface area contributed by atoms with Crippen LogP contribution in [0.2, 0.25) is 5.15 Å². The van der Waals surface area contributed by atoms with E-state index >= 15 is 0 Å². The monoisotopic (exact) mass is 426 g/mol. The smallest absolute Gasteiger partial charge is 0.223 e. The quantitative estimate of drug-likeness (QED) is 0.669. The second-order valence-corrected chi connectivity index (χ2v) is 7.76. The van der Waals surface area contributed by atoms with Gasteiger partial charge in [-0.05, 0) is 59.8 Å². The van der Waals surface area contributed by atoms with E-state index in [1.54, 1.807) is 6.07 Å². The lowest BCUT2D eigenvalue weighted by atomic mass is 9.86. The summed E-state index contributed by atoms with van der Waals surface area (Å²) in [7, 11) is 0. The number of benzene rings is 1. The molecule has 0 saturated heterocycles. The van der Waals surface area contributed by atoms with Gasteiger partial charge >= 0.3 is 0 Å². The molecule has 4 rings (SSSR count). The van der Waals surface area contributed by atoms with Crippen molar-refractivity contribution in [2.75, 3.05) is 11.1 Å². The van der Waals surface area contributed by atoms with Crippen LogP contribution in [-0.4, -0.2) is 15.6 Å². The fourth-order valence-electron chi connectivity index (χ4n) is 3.79. The molecule has 5 nitrogen and oxygen atoms in total. The summed E-state index contributed by atoms with van der Waals surface area (Å²) < 4.78 is 20.6. The van der Waals surface area contributed by atoms with Crippen molar-refractivity contribution < 1.29 is 9.13 Å². The van der Waals surface area contributed by atoms with Crippen LogP contribution in [0.25, 0.3) is 0 Å². The fourth-order valence-corrected chi connectivity index (χ4v) is 4.26. The average molecular weight is 428 g/mol. The Kier molecular flexibility index (Phi) is 4.24. The van der Waals surface area contributed by atoms with Gasteiger partial charge in [0.05, 0.1) is 10.5 Å². The number of halogens is 3. The van der Waals surface area contributed by atoms with Gasteiger partial charge in [-0.25, -0.2) is 4.39 Å². The number of nitrogens with zero attached hydrogens (tertiary/aromatic N) is 2. The van der Waals surface area contributed by atoms with Crippen LogP contribution in [0, 0.1) is 5.82 Å². The third kappa shape index (κ3) is 3.15. The molecule has 1 aromatic heterocycles. The van der Waals surface area contributed by atoms with Crippen LogP contribution >= 0.6 is 27.5 Å². The van der Waals surface area contributed by atoms with Gasteiger partial charge in [0.1, 0.15) is 23.0 Å². The molecule has 2 aliphatic rings. The van der Waals surface area contributed by atoms with Crippen LogP contribution in [0.15, 0.2) is 22.7 Å². The van der Waals surface area contributed by atoms with Crippen molar-refractivity contribution in [3.05, 3.63) is 39.2 Å². The van der Waals surface area contributed by atoms with Gasteiger partial charge < -0.3 is 15.8 Å². The summed E-state index contributed by atoms with van der Waals surface area (Å²) in [5.74, 6) is 0.998. The summed E-state index contributed by atoms with van der Waals surface area (Å²) in [6.07, 6.45) is 5.00. The van der Waals surface area contributed by atoms with E-state index in [9.17, 15) is 4.39 Å². The average Bonchev–Trinajstić information content (AvgIpc) is 3.00. The van der Waals surface area contributed by atoms with E-state index in [0.29, 0.717) is 10.3 Å². The molecule has 1 aliphatic carbocycles. The van der Waals surface area contributed by atoms with Crippen molar-refractivity contribution in [2.45, 2.75) is 43.7 Å². The van der Waals surface area contributed by atoms with Crippen molar-refractivity contribution in [3.63, 3.8) is 0 Å². The summed E-state index contributed by atoms with van der Waals surface area (Å²) in [4.78, 5) is 8.14. The summed E-state index contributed by atoms with van der Waals surface area (Å²) in [6, 6.07) is 4.49. The number of anilines is 2. The van der Waals surface area contributed by atoms with E-state index in [1.165, 1.54) is 12.1 Å². The molecule has 3 N–H and O–H groups in total. The molecule has 1 atom stereocenters. The lowest BCUT2D eigenvalue weighted by molar-refractivity contribution is 0.0451. The first-order valence-electron chi connectivity index (χ1n) is 8.19. The zero-order chi connectivity index (χ0) is 17.6. The molecule has 0 amide bonds. The molecule has 1 saturated carbocycles. The largest absolute Gasteiger partial charge is 0.487 e. The molecule has 0 bridgehead atoms. The van der Waals surface area contributed by atoms with Crippen molar-refractivity contribution >= 4 is 39.3 Å². The van der Waals surface area contributed by atoms with Crippen LogP contribution in [0.5, 0.6) is 5.75 Å². The number of hydrogen-bond acceptors (Lipinski definition) is 5. The summed E-state index contributed by atoms with van der Waals surface area (Å²) >= 11 is 9.47. The maximum Gasteiger partial charge on any atom is 0.223 e. The van der Waals surface area contributed by atoms with E-state index in [-0.39, 0.29) is 28.6 Å². The number of nitrogen functional groups attached to an aromatic ring is 1. The number of nitrogens with two attached hydrogens (primary N) is 1. The Hall–Kier alpha value is -1.60. The number of ether oxygens (including phenoxy) is 1. The molecule has 0 unspecified atom stereocenters. The molecule has 1 fully saturated rings. The maximum absolute atomic E-state index is 13.8. The summed E-state index contributed by atoms with van der Waals surface area (Å²) in [5.41, 5.74) is 6.28. The third-order valence-corrected chi connectivity index (χ3v) is 6.16. The zero-order valence-electron chi connectivity index (χ0n) is 13.4. The molecule has 1 aromatic carbocycles. The van der Waals surface area contributed by atoms with Crippen LogP contribution in [-0.2, 0) is 0 Å². The Balaban J connectivity index is 1.74. The Morgan fingerprint density at radius 1 is 1.32 bits per heavy atom.